The molecule has 16 heavy (non-hydrogen) atoms. The Hall–Kier alpha value is -0.860. The molecule has 2 N–H and O–H groups in total. The van der Waals surface area contributed by atoms with Gasteiger partial charge in [-0.25, -0.2) is 0 Å². The summed E-state index contributed by atoms with van der Waals surface area (Å²) in [6, 6.07) is 10.9. The van der Waals surface area contributed by atoms with Crippen molar-refractivity contribution in [1.29, 1.82) is 0 Å². The molecule has 0 spiro atoms. The van der Waals surface area contributed by atoms with Crippen LogP contribution in [0.5, 0.6) is 0 Å². The Morgan fingerprint density at radius 3 is 2.62 bits per heavy atom. The van der Waals surface area contributed by atoms with Gasteiger partial charge in [-0.2, -0.15) is 0 Å². The molecule has 88 valence electrons. The summed E-state index contributed by atoms with van der Waals surface area (Å²) in [7, 11) is 0. The van der Waals surface area contributed by atoms with Crippen molar-refractivity contribution in [3.8, 4) is 0 Å². The van der Waals surface area contributed by atoms with Crippen LogP contribution in [0.25, 0.3) is 0 Å². The van der Waals surface area contributed by atoms with Gasteiger partial charge in [0.1, 0.15) is 0 Å². The van der Waals surface area contributed by atoms with Gasteiger partial charge in [0.05, 0.1) is 12.6 Å². The monoisotopic (exact) mass is 219 g/mol. The Kier molecular flexibility index (Phi) is 3.97. The van der Waals surface area contributed by atoms with Crippen LogP contribution >= 0.6 is 0 Å². The second kappa shape index (κ2) is 5.46. The van der Waals surface area contributed by atoms with E-state index < -0.39 is 0 Å². The Labute approximate surface area is 97.7 Å². The Bertz CT molecular complexity index is 312. The van der Waals surface area contributed by atoms with Crippen LogP contribution in [0.3, 0.4) is 0 Å². The molecule has 2 unspecified atom stereocenters. The maximum absolute atomic E-state index is 9.46. The summed E-state index contributed by atoms with van der Waals surface area (Å²) < 4.78 is 0. The van der Waals surface area contributed by atoms with Crippen molar-refractivity contribution in [1.82, 2.24) is 5.32 Å². The molecule has 2 rings (SSSR count). The van der Waals surface area contributed by atoms with Crippen molar-refractivity contribution >= 4 is 0 Å². The lowest BCUT2D eigenvalue weighted by Gasteiger charge is -2.24. The molecule has 0 radical (unpaired) electrons. The van der Waals surface area contributed by atoms with Crippen LogP contribution in [-0.4, -0.2) is 17.8 Å². The number of hydrogen-bond acceptors (Lipinski definition) is 2. The van der Waals surface area contributed by atoms with Crippen LogP contribution < -0.4 is 5.32 Å². The third-order valence-corrected chi connectivity index (χ3v) is 3.66. The molecule has 1 aliphatic rings. The first-order chi connectivity index (χ1) is 7.81. The summed E-state index contributed by atoms with van der Waals surface area (Å²) in [6.45, 7) is 2.47. The molecule has 0 aliphatic heterocycles. The van der Waals surface area contributed by atoms with Crippen LogP contribution in [-0.2, 0) is 0 Å². The summed E-state index contributed by atoms with van der Waals surface area (Å²) in [5.74, 6) is 0.734. The fourth-order valence-corrected chi connectivity index (χ4v) is 2.59. The van der Waals surface area contributed by atoms with Gasteiger partial charge in [0.2, 0.25) is 0 Å². The lowest BCUT2D eigenvalue weighted by atomic mass is 10.0. The van der Waals surface area contributed by atoms with Gasteiger partial charge in [-0.1, -0.05) is 43.7 Å². The van der Waals surface area contributed by atoms with Gasteiger partial charge >= 0.3 is 0 Å². The largest absolute Gasteiger partial charge is 0.394 e. The molecule has 2 nitrogen and oxygen atoms in total. The molecule has 1 fully saturated rings. The van der Waals surface area contributed by atoms with E-state index in [-0.39, 0.29) is 12.6 Å². The summed E-state index contributed by atoms with van der Waals surface area (Å²) in [4.78, 5) is 0. The first-order valence-corrected chi connectivity index (χ1v) is 6.23. The second-order valence-corrected chi connectivity index (χ2v) is 4.83. The number of aliphatic hydroxyl groups is 1. The Balaban J connectivity index is 2.00. The molecule has 0 bridgehead atoms. The summed E-state index contributed by atoms with van der Waals surface area (Å²) in [5, 5.41) is 13.0. The molecule has 1 aromatic rings. The van der Waals surface area contributed by atoms with Crippen LogP contribution in [0.15, 0.2) is 30.3 Å². The molecular formula is C14H21NO. The van der Waals surface area contributed by atoms with E-state index in [9.17, 15) is 5.11 Å². The van der Waals surface area contributed by atoms with E-state index in [0.717, 1.165) is 5.92 Å². The average molecular weight is 219 g/mol. The van der Waals surface area contributed by atoms with Crippen molar-refractivity contribution in [3.63, 3.8) is 0 Å². The predicted octanol–water partition coefficient (Wildman–Crippen LogP) is 2.50. The zero-order valence-electron chi connectivity index (χ0n) is 9.89. The molecule has 1 saturated carbocycles. The normalized spacial score (nSPS) is 26.9. The molecule has 3 atom stereocenters. The minimum absolute atomic E-state index is 0.0896. The summed E-state index contributed by atoms with van der Waals surface area (Å²) in [6.07, 6.45) is 3.86. The first kappa shape index (κ1) is 11.6. The van der Waals surface area contributed by atoms with Crippen molar-refractivity contribution < 1.29 is 5.11 Å². The zero-order valence-corrected chi connectivity index (χ0v) is 9.89. The molecular weight excluding hydrogens is 198 g/mol. The predicted molar refractivity (Wildman–Crippen MR) is 66.2 cm³/mol. The Morgan fingerprint density at radius 1 is 1.31 bits per heavy atom. The molecule has 1 aromatic carbocycles. The van der Waals surface area contributed by atoms with Gasteiger partial charge in [0.15, 0.2) is 0 Å². The lowest BCUT2D eigenvalue weighted by Crippen LogP contribution is -2.36. The van der Waals surface area contributed by atoms with Gasteiger partial charge < -0.3 is 10.4 Å². The van der Waals surface area contributed by atoms with E-state index in [2.05, 4.69) is 24.4 Å². The smallest absolute Gasteiger partial charge is 0.0626 e. The second-order valence-electron chi connectivity index (χ2n) is 4.83. The van der Waals surface area contributed by atoms with Crippen molar-refractivity contribution in [2.75, 3.05) is 6.61 Å². The van der Waals surface area contributed by atoms with Crippen molar-refractivity contribution in [2.24, 2.45) is 5.92 Å². The molecule has 2 heteroatoms. The highest BCUT2D eigenvalue weighted by Gasteiger charge is 2.25. The maximum atomic E-state index is 9.46. The number of aliphatic hydroxyl groups excluding tert-OH is 1. The molecule has 0 amide bonds. The number of hydrogen-bond donors (Lipinski definition) is 2. The van der Waals surface area contributed by atoms with E-state index in [1.807, 2.05) is 18.2 Å². The number of nitrogens with one attached hydrogen (secondary N) is 1. The highest BCUT2D eigenvalue weighted by atomic mass is 16.3. The highest BCUT2D eigenvalue weighted by Crippen LogP contribution is 2.27. The fraction of sp³-hybridized carbons (Fsp3) is 0.571. The van der Waals surface area contributed by atoms with E-state index in [1.54, 1.807) is 0 Å². The van der Waals surface area contributed by atoms with Crippen LogP contribution in [0.4, 0.5) is 0 Å². The van der Waals surface area contributed by atoms with Gasteiger partial charge in [-0.3, -0.25) is 0 Å². The quantitative estimate of drug-likeness (QED) is 0.815. The van der Waals surface area contributed by atoms with E-state index in [0.29, 0.717) is 6.04 Å². The third kappa shape index (κ3) is 2.63. The lowest BCUT2D eigenvalue weighted by molar-refractivity contribution is 0.225. The van der Waals surface area contributed by atoms with Gasteiger partial charge in [-0.15, -0.1) is 0 Å². The van der Waals surface area contributed by atoms with E-state index >= 15 is 0 Å². The van der Waals surface area contributed by atoms with Crippen LogP contribution in [0.2, 0.25) is 0 Å². The van der Waals surface area contributed by atoms with Crippen LogP contribution in [0, 0.1) is 5.92 Å². The Morgan fingerprint density at radius 2 is 2.06 bits per heavy atom. The number of rotatable bonds is 4. The maximum Gasteiger partial charge on any atom is 0.0626 e. The molecule has 0 saturated heterocycles. The van der Waals surface area contributed by atoms with Crippen molar-refractivity contribution in [3.05, 3.63) is 35.9 Å². The highest BCUT2D eigenvalue weighted by molar-refractivity contribution is 5.19. The van der Waals surface area contributed by atoms with Crippen molar-refractivity contribution in [2.45, 2.75) is 38.3 Å². The standard InChI is InChI=1S/C14H21NO/c1-11-6-5-9-13(11)15-14(10-16)12-7-3-2-4-8-12/h2-4,7-8,11,13-16H,5-6,9-10H2,1H3/t11?,13?,14-/m1/s1. The topological polar surface area (TPSA) is 32.3 Å². The summed E-state index contributed by atoms with van der Waals surface area (Å²) in [5.41, 5.74) is 1.18. The van der Waals surface area contributed by atoms with Crippen LogP contribution in [0.1, 0.15) is 37.8 Å². The fourth-order valence-electron chi connectivity index (χ4n) is 2.59. The SMILES string of the molecule is CC1CCCC1N[C@H](CO)c1ccccc1. The third-order valence-electron chi connectivity index (χ3n) is 3.66. The van der Waals surface area contributed by atoms with Gasteiger partial charge in [0.25, 0.3) is 0 Å². The van der Waals surface area contributed by atoms with E-state index in [1.165, 1.54) is 24.8 Å². The molecule has 0 heterocycles. The minimum atomic E-state index is 0.0896. The summed E-state index contributed by atoms with van der Waals surface area (Å²) >= 11 is 0. The zero-order chi connectivity index (χ0) is 11.4. The molecule has 0 aromatic heterocycles. The van der Waals surface area contributed by atoms with E-state index in [4.69, 9.17) is 0 Å². The molecule has 1 aliphatic carbocycles. The van der Waals surface area contributed by atoms with Gasteiger partial charge in [0, 0.05) is 6.04 Å². The first-order valence-electron chi connectivity index (χ1n) is 6.23. The minimum Gasteiger partial charge on any atom is -0.394 e. The van der Waals surface area contributed by atoms with Gasteiger partial charge in [-0.05, 0) is 24.3 Å². The average Bonchev–Trinajstić information content (AvgIpc) is 2.73. The number of benzene rings is 1.